The van der Waals surface area contributed by atoms with Gasteiger partial charge in [0.05, 0.1) is 10.9 Å². The Morgan fingerprint density at radius 3 is 1.82 bits per heavy atom. The van der Waals surface area contributed by atoms with E-state index in [2.05, 4.69) is 15.9 Å². The first-order valence-corrected chi connectivity index (χ1v) is 5.35. The summed E-state index contributed by atoms with van der Waals surface area (Å²) in [5.74, 6) is -8.82. The SMILES string of the molecule is CC(C)(NC(=O)C(F)(F)C(F)(F)F)C(=O)CBr. The Morgan fingerprint density at radius 2 is 1.53 bits per heavy atom. The number of Topliss-reactive ketones (excluding diaryl/α,β-unsaturated/α-hetero) is 1. The molecular weight excluding hydrogens is 317 g/mol. The van der Waals surface area contributed by atoms with Crippen LogP contribution in [0.3, 0.4) is 0 Å². The van der Waals surface area contributed by atoms with Crippen LogP contribution in [0.2, 0.25) is 0 Å². The predicted molar refractivity (Wildman–Crippen MR) is 52.0 cm³/mol. The third-order valence-electron chi connectivity index (χ3n) is 1.89. The molecular formula is C8H9BrF5NO2. The highest BCUT2D eigenvalue weighted by Gasteiger charge is 2.64. The van der Waals surface area contributed by atoms with Crippen LogP contribution in [0.5, 0.6) is 0 Å². The Morgan fingerprint density at radius 1 is 1.12 bits per heavy atom. The number of carbonyl (C=O) groups is 2. The van der Waals surface area contributed by atoms with Gasteiger partial charge in [0, 0.05) is 0 Å². The van der Waals surface area contributed by atoms with Gasteiger partial charge in [-0.2, -0.15) is 22.0 Å². The standard InChI is InChI=1S/C8H9BrF5NO2/c1-6(2,4(16)3-9)15-5(17)7(10,11)8(12,13)14/h3H2,1-2H3,(H,15,17). The van der Waals surface area contributed by atoms with Crippen molar-refractivity contribution in [3.8, 4) is 0 Å². The van der Waals surface area contributed by atoms with E-state index >= 15 is 0 Å². The summed E-state index contributed by atoms with van der Waals surface area (Å²) in [6, 6.07) is 0. The zero-order valence-electron chi connectivity index (χ0n) is 8.79. The number of amides is 1. The highest BCUT2D eigenvalue weighted by molar-refractivity contribution is 9.09. The fourth-order valence-corrected chi connectivity index (χ4v) is 1.43. The number of hydrogen-bond acceptors (Lipinski definition) is 2. The van der Waals surface area contributed by atoms with Crippen molar-refractivity contribution in [3.05, 3.63) is 0 Å². The van der Waals surface area contributed by atoms with E-state index in [1.807, 2.05) is 0 Å². The second-order valence-electron chi connectivity index (χ2n) is 3.71. The van der Waals surface area contributed by atoms with Crippen LogP contribution in [0.25, 0.3) is 0 Å². The van der Waals surface area contributed by atoms with E-state index in [1.54, 1.807) is 0 Å². The molecule has 9 heteroatoms. The molecule has 0 heterocycles. The largest absolute Gasteiger partial charge is 0.463 e. The van der Waals surface area contributed by atoms with Crippen LogP contribution in [-0.2, 0) is 9.59 Å². The van der Waals surface area contributed by atoms with Gasteiger partial charge in [-0.05, 0) is 13.8 Å². The molecule has 17 heavy (non-hydrogen) atoms. The van der Waals surface area contributed by atoms with E-state index in [1.165, 1.54) is 5.32 Å². The summed E-state index contributed by atoms with van der Waals surface area (Å²) in [5, 5.41) is 1.09. The number of hydrogen-bond donors (Lipinski definition) is 1. The molecule has 0 spiro atoms. The van der Waals surface area contributed by atoms with Crippen molar-refractivity contribution < 1.29 is 31.5 Å². The van der Waals surface area contributed by atoms with E-state index in [0.29, 0.717) is 0 Å². The van der Waals surface area contributed by atoms with Crippen molar-refractivity contribution in [2.24, 2.45) is 0 Å². The van der Waals surface area contributed by atoms with Crippen molar-refractivity contribution in [2.75, 3.05) is 5.33 Å². The lowest BCUT2D eigenvalue weighted by atomic mass is 10.00. The lowest BCUT2D eigenvalue weighted by molar-refractivity contribution is -0.270. The quantitative estimate of drug-likeness (QED) is 0.635. The smallest absolute Gasteiger partial charge is 0.339 e. The number of nitrogens with one attached hydrogen (secondary N) is 1. The first-order valence-electron chi connectivity index (χ1n) is 4.22. The number of alkyl halides is 6. The van der Waals surface area contributed by atoms with Crippen LogP contribution in [0.15, 0.2) is 0 Å². The van der Waals surface area contributed by atoms with Gasteiger partial charge in [0.2, 0.25) is 0 Å². The van der Waals surface area contributed by atoms with Gasteiger partial charge in [0.1, 0.15) is 0 Å². The summed E-state index contributed by atoms with van der Waals surface area (Å²) in [5.41, 5.74) is -1.81. The number of carbonyl (C=O) groups excluding carboxylic acids is 2. The molecule has 3 nitrogen and oxygen atoms in total. The van der Waals surface area contributed by atoms with E-state index in [0.717, 1.165) is 13.8 Å². The Bertz CT molecular complexity index is 326. The van der Waals surface area contributed by atoms with Gasteiger partial charge in [-0.15, -0.1) is 0 Å². The lowest BCUT2D eigenvalue weighted by Gasteiger charge is -2.27. The summed E-state index contributed by atoms with van der Waals surface area (Å²) < 4.78 is 60.6. The maximum Gasteiger partial charge on any atom is 0.463 e. The maximum atomic E-state index is 12.6. The average Bonchev–Trinajstić information content (AvgIpc) is 2.13. The summed E-state index contributed by atoms with van der Waals surface area (Å²) in [6.45, 7) is 2.06. The van der Waals surface area contributed by atoms with Crippen molar-refractivity contribution in [3.63, 3.8) is 0 Å². The zero-order chi connectivity index (χ0) is 14.1. The number of ketones is 1. The maximum absolute atomic E-state index is 12.6. The van der Waals surface area contributed by atoms with Crippen molar-refractivity contribution in [1.82, 2.24) is 5.32 Å². The molecule has 0 saturated heterocycles. The number of rotatable bonds is 4. The number of halogens is 6. The Labute approximate surface area is 102 Å². The monoisotopic (exact) mass is 325 g/mol. The Hall–Kier alpha value is -0.730. The van der Waals surface area contributed by atoms with Gasteiger partial charge >= 0.3 is 18.0 Å². The second-order valence-corrected chi connectivity index (χ2v) is 4.27. The summed E-state index contributed by atoms with van der Waals surface area (Å²) in [6.07, 6.45) is -6.00. The molecule has 0 radical (unpaired) electrons. The summed E-state index contributed by atoms with van der Waals surface area (Å²) in [4.78, 5) is 22.0. The fraction of sp³-hybridized carbons (Fsp3) is 0.750. The average molecular weight is 326 g/mol. The van der Waals surface area contributed by atoms with Crippen molar-refractivity contribution in [2.45, 2.75) is 31.5 Å². The fourth-order valence-electron chi connectivity index (χ4n) is 0.728. The van der Waals surface area contributed by atoms with E-state index in [9.17, 15) is 31.5 Å². The minimum absolute atomic E-state index is 0.280. The summed E-state index contributed by atoms with van der Waals surface area (Å²) in [7, 11) is 0. The predicted octanol–water partition coefficient (Wildman–Crippen LogP) is 2.04. The van der Waals surface area contributed by atoms with E-state index < -0.39 is 29.3 Å². The van der Waals surface area contributed by atoms with Crippen LogP contribution >= 0.6 is 15.9 Å². The third-order valence-corrected chi connectivity index (χ3v) is 2.39. The minimum Gasteiger partial charge on any atom is -0.339 e. The van der Waals surface area contributed by atoms with Crippen LogP contribution < -0.4 is 5.32 Å². The zero-order valence-corrected chi connectivity index (χ0v) is 10.4. The van der Waals surface area contributed by atoms with Gasteiger partial charge in [-0.1, -0.05) is 15.9 Å². The van der Waals surface area contributed by atoms with Crippen LogP contribution in [0, 0.1) is 0 Å². The molecule has 1 N–H and O–H groups in total. The molecule has 0 atom stereocenters. The second kappa shape index (κ2) is 4.87. The molecule has 0 saturated carbocycles. The third kappa shape index (κ3) is 3.62. The molecule has 100 valence electrons. The Kier molecular flexibility index (Phi) is 4.66. The molecule has 0 bridgehead atoms. The van der Waals surface area contributed by atoms with Crippen molar-refractivity contribution >= 4 is 27.6 Å². The van der Waals surface area contributed by atoms with Gasteiger partial charge in [-0.3, -0.25) is 9.59 Å². The normalized spacial score (nSPS) is 13.4. The topological polar surface area (TPSA) is 46.2 Å². The van der Waals surface area contributed by atoms with E-state index in [-0.39, 0.29) is 5.33 Å². The molecule has 0 aromatic carbocycles. The molecule has 0 rings (SSSR count). The molecule has 0 unspecified atom stereocenters. The molecule has 0 aromatic rings. The highest BCUT2D eigenvalue weighted by Crippen LogP contribution is 2.35. The summed E-state index contributed by atoms with van der Waals surface area (Å²) >= 11 is 2.72. The first kappa shape index (κ1) is 16.3. The lowest BCUT2D eigenvalue weighted by Crippen LogP contribution is -2.59. The Balaban J connectivity index is 4.95. The van der Waals surface area contributed by atoms with Crippen LogP contribution in [-0.4, -0.2) is 34.7 Å². The molecule has 0 aromatic heterocycles. The molecule has 0 aliphatic heterocycles. The first-order chi connectivity index (χ1) is 7.36. The van der Waals surface area contributed by atoms with Gasteiger partial charge in [-0.25, -0.2) is 0 Å². The van der Waals surface area contributed by atoms with Crippen molar-refractivity contribution in [1.29, 1.82) is 0 Å². The van der Waals surface area contributed by atoms with E-state index in [4.69, 9.17) is 0 Å². The van der Waals surface area contributed by atoms with Gasteiger partial charge < -0.3 is 5.32 Å². The van der Waals surface area contributed by atoms with Crippen LogP contribution in [0.1, 0.15) is 13.8 Å². The molecule has 0 aliphatic carbocycles. The molecule has 1 amide bonds. The highest BCUT2D eigenvalue weighted by atomic mass is 79.9. The van der Waals surface area contributed by atoms with Crippen LogP contribution in [0.4, 0.5) is 22.0 Å². The van der Waals surface area contributed by atoms with Gasteiger partial charge in [0.25, 0.3) is 0 Å². The minimum atomic E-state index is -6.00. The van der Waals surface area contributed by atoms with Gasteiger partial charge in [0.15, 0.2) is 5.78 Å². The molecule has 0 aliphatic rings. The molecule has 0 fully saturated rings.